The first kappa shape index (κ1) is 19.3. The van der Waals surface area contributed by atoms with Crippen LogP contribution in [0.4, 0.5) is 17.6 Å². The number of hydrogen-bond acceptors (Lipinski definition) is 3. The van der Waals surface area contributed by atoms with Crippen molar-refractivity contribution in [2.24, 2.45) is 5.92 Å². The highest BCUT2D eigenvalue weighted by Crippen LogP contribution is 2.43. The Morgan fingerprint density at radius 2 is 1.83 bits per heavy atom. The fourth-order valence-corrected chi connectivity index (χ4v) is 3.41. The lowest BCUT2D eigenvalue weighted by Crippen LogP contribution is -2.48. The van der Waals surface area contributed by atoms with E-state index < -0.39 is 12.2 Å². The Morgan fingerprint density at radius 1 is 1.17 bits per heavy atom. The number of halogens is 5. The van der Waals surface area contributed by atoms with E-state index in [-0.39, 0.29) is 24.2 Å². The van der Waals surface area contributed by atoms with E-state index in [1.807, 2.05) is 0 Å². The predicted molar refractivity (Wildman–Crippen MR) is 84.9 cm³/mol. The van der Waals surface area contributed by atoms with Gasteiger partial charge in [-0.2, -0.15) is 0 Å². The fourth-order valence-electron chi connectivity index (χ4n) is 3.41. The van der Waals surface area contributed by atoms with Crippen LogP contribution in [0.2, 0.25) is 0 Å². The average Bonchev–Trinajstić information content (AvgIpc) is 2.44. The lowest BCUT2D eigenvalue weighted by molar-refractivity contribution is -0.274. The molecular formula is C16H21ClF4N2O. The number of ether oxygens (including phenoxy) is 1. The fraction of sp³-hybridized carbons (Fsp3) is 0.625. The molecule has 1 aliphatic heterocycles. The van der Waals surface area contributed by atoms with Crippen LogP contribution in [0.3, 0.4) is 0 Å². The molecule has 1 heterocycles. The Labute approximate surface area is 144 Å². The van der Waals surface area contributed by atoms with Gasteiger partial charge < -0.3 is 10.1 Å². The van der Waals surface area contributed by atoms with Crippen molar-refractivity contribution in [3.63, 3.8) is 0 Å². The molecular weight excluding hydrogens is 348 g/mol. The Balaban J connectivity index is 0.00000208. The largest absolute Gasteiger partial charge is 0.573 e. The number of alkyl halides is 3. The van der Waals surface area contributed by atoms with Crippen LogP contribution >= 0.6 is 12.4 Å². The van der Waals surface area contributed by atoms with Gasteiger partial charge in [0, 0.05) is 37.8 Å². The smallest absolute Gasteiger partial charge is 0.406 e. The van der Waals surface area contributed by atoms with Gasteiger partial charge in [0.25, 0.3) is 0 Å². The summed E-state index contributed by atoms with van der Waals surface area (Å²) in [7, 11) is 0. The number of nitrogens with one attached hydrogen (secondary N) is 1. The zero-order chi connectivity index (χ0) is 16.4. The van der Waals surface area contributed by atoms with E-state index in [0.717, 1.165) is 57.6 Å². The third-order valence-electron chi connectivity index (χ3n) is 4.66. The summed E-state index contributed by atoms with van der Waals surface area (Å²) in [4.78, 5) is 2.18. The summed E-state index contributed by atoms with van der Waals surface area (Å²) < 4.78 is 55.6. The van der Waals surface area contributed by atoms with Gasteiger partial charge in [0.15, 0.2) is 0 Å². The Morgan fingerprint density at radius 3 is 2.38 bits per heavy atom. The molecule has 0 aromatic heterocycles. The Kier molecular flexibility index (Phi) is 6.33. The molecule has 0 unspecified atom stereocenters. The van der Waals surface area contributed by atoms with Gasteiger partial charge in [0.05, 0.1) is 0 Å². The number of rotatable bonds is 4. The molecule has 1 aromatic carbocycles. The molecule has 1 aromatic rings. The van der Waals surface area contributed by atoms with Crippen LogP contribution in [0.1, 0.15) is 30.9 Å². The molecule has 136 valence electrons. The molecule has 2 aliphatic rings. The van der Waals surface area contributed by atoms with Crippen molar-refractivity contribution in [3.8, 4) is 5.75 Å². The number of benzene rings is 1. The van der Waals surface area contributed by atoms with Gasteiger partial charge in [-0.05, 0) is 37.0 Å². The van der Waals surface area contributed by atoms with Crippen molar-refractivity contribution in [2.45, 2.75) is 31.7 Å². The number of hydrogen-bond donors (Lipinski definition) is 1. The maximum atomic E-state index is 14.3. The van der Waals surface area contributed by atoms with Crippen LogP contribution in [0.25, 0.3) is 0 Å². The molecule has 8 heteroatoms. The minimum absolute atomic E-state index is 0. The molecule has 3 rings (SSSR count). The number of nitrogens with zero attached hydrogens (tertiary/aromatic N) is 1. The molecule has 0 amide bonds. The normalized spacial score (nSPS) is 20.8. The monoisotopic (exact) mass is 368 g/mol. The summed E-state index contributed by atoms with van der Waals surface area (Å²) in [6.07, 6.45) is -1.71. The van der Waals surface area contributed by atoms with Gasteiger partial charge in [-0.25, -0.2) is 4.39 Å². The topological polar surface area (TPSA) is 24.5 Å². The molecule has 1 aliphatic carbocycles. The summed E-state index contributed by atoms with van der Waals surface area (Å²) in [6, 6.07) is 3.14. The molecule has 0 bridgehead atoms. The SMILES string of the molecule is Cl.Fc1ccc(OC(F)(F)F)cc1[C@@H](C1CCC1)N1CCNCC1. The first-order valence-electron chi connectivity index (χ1n) is 7.94. The molecule has 0 spiro atoms. The highest BCUT2D eigenvalue weighted by molar-refractivity contribution is 5.85. The minimum atomic E-state index is -4.77. The van der Waals surface area contributed by atoms with Crippen LogP contribution in [-0.2, 0) is 0 Å². The maximum absolute atomic E-state index is 14.3. The maximum Gasteiger partial charge on any atom is 0.573 e. The van der Waals surface area contributed by atoms with Crippen molar-refractivity contribution >= 4 is 12.4 Å². The van der Waals surface area contributed by atoms with Gasteiger partial charge in [0.2, 0.25) is 0 Å². The first-order valence-corrected chi connectivity index (χ1v) is 7.94. The average molecular weight is 369 g/mol. The van der Waals surface area contributed by atoms with E-state index in [9.17, 15) is 17.6 Å². The molecule has 1 saturated carbocycles. The van der Waals surface area contributed by atoms with Crippen molar-refractivity contribution < 1.29 is 22.3 Å². The highest BCUT2D eigenvalue weighted by atomic mass is 35.5. The van der Waals surface area contributed by atoms with E-state index >= 15 is 0 Å². The molecule has 0 radical (unpaired) electrons. The quantitative estimate of drug-likeness (QED) is 0.816. The third-order valence-corrected chi connectivity index (χ3v) is 4.66. The molecule has 2 fully saturated rings. The summed E-state index contributed by atoms with van der Waals surface area (Å²) in [5.41, 5.74) is 0.318. The second kappa shape index (κ2) is 7.89. The molecule has 1 saturated heterocycles. The molecule has 24 heavy (non-hydrogen) atoms. The molecule has 3 nitrogen and oxygen atoms in total. The predicted octanol–water partition coefficient (Wildman–Crippen LogP) is 3.89. The van der Waals surface area contributed by atoms with Crippen molar-refractivity contribution in [3.05, 3.63) is 29.6 Å². The molecule has 1 atom stereocenters. The van der Waals surface area contributed by atoms with Crippen molar-refractivity contribution in [2.75, 3.05) is 26.2 Å². The second-order valence-electron chi connectivity index (χ2n) is 6.15. The minimum Gasteiger partial charge on any atom is -0.406 e. The third kappa shape index (κ3) is 4.52. The highest BCUT2D eigenvalue weighted by Gasteiger charge is 2.36. The van der Waals surface area contributed by atoms with Gasteiger partial charge in [-0.1, -0.05) is 6.42 Å². The zero-order valence-corrected chi connectivity index (χ0v) is 13.9. The van der Waals surface area contributed by atoms with Crippen molar-refractivity contribution in [1.82, 2.24) is 10.2 Å². The van der Waals surface area contributed by atoms with E-state index in [1.54, 1.807) is 0 Å². The van der Waals surface area contributed by atoms with E-state index in [4.69, 9.17) is 0 Å². The van der Waals surface area contributed by atoms with E-state index in [0.29, 0.717) is 11.5 Å². The van der Waals surface area contributed by atoms with Crippen molar-refractivity contribution in [1.29, 1.82) is 0 Å². The second-order valence-corrected chi connectivity index (χ2v) is 6.15. The van der Waals surface area contributed by atoms with Crippen LogP contribution in [0, 0.1) is 11.7 Å². The lowest BCUT2D eigenvalue weighted by Gasteiger charge is -2.43. The van der Waals surface area contributed by atoms with Gasteiger partial charge in [-0.3, -0.25) is 4.90 Å². The Bertz CT molecular complexity index is 545. The summed E-state index contributed by atoms with van der Waals surface area (Å²) in [6.45, 7) is 3.16. The van der Waals surface area contributed by atoms with Gasteiger partial charge in [-0.15, -0.1) is 25.6 Å². The van der Waals surface area contributed by atoms with Crippen LogP contribution in [0.15, 0.2) is 18.2 Å². The summed E-state index contributed by atoms with van der Waals surface area (Å²) >= 11 is 0. The summed E-state index contributed by atoms with van der Waals surface area (Å²) in [5.74, 6) is -0.521. The van der Waals surface area contributed by atoms with Gasteiger partial charge in [0.1, 0.15) is 11.6 Å². The standard InChI is InChI=1S/C16H20F4N2O.ClH/c17-14-5-4-12(23-16(18,19)20)10-13(14)15(11-2-1-3-11)22-8-6-21-7-9-22;/h4-5,10-11,15,21H,1-3,6-9H2;1H/t15-;/m1./s1. The Hall–Kier alpha value is -1.05. The van der Waals surface area contributed by atoms with Gasteiger partial charge >= 0.3 is 6.36 Å². The lowest BCUT2D eigenvalue weighted by atomic mass is 9.76. The van der Waals surface area contributed by atoms with Crippen LogP contribution in [0.5, 0.6) is 5.75 Å². The van der Waals surface area contributed by atoms with Crippen LogP contribution in [-0.4, -0.2) is 37.4 Å². The molecule has 1 N–H and O–H groups in total. The zero-order valence-electron chi connectivity index (χ0n) is 13.1. The summed E-state index contributed by atoms with van der Waals surface area (Å²) in [5, 5.41) is 3.24. The van der Waals surface area contributed by atoms with E-state index in [1.165, 1.54) is 6.07 Å². The first-order chi connectivity index (χ1) is 10.9. The number of piperazine rings is 1. The van der Waals surface area contributed by atoms with E-state index in [2.05, 4.69) is 15.0 Å². The van der Waals surface area contributed by atoms with Crippen LogP contribution < -0.4 is 10.1 Å².